The van der Waals surface area contributed by atoms with Crippen LogP contribution in [0.25, 0.3) is 0 Å². The molecule has 0 aliphatic heterocycles. The average Bonchev–Trinajstić information content (AvgIpc) is 2.39. The molecule has 0 aliphatic rings. The van der Waals surface area contributed by atoms with Gasteiger partial charge in [0.05, 0.1) is 0 Å². The van der Waals surface area contributed by atoms with Gasteiger partial charge in [-0.25, -0.2) is 0 Å². The summed E-state index contributed by atoms with van der Waals surface area (Å²) in [7, 11) is 0. The molecule has 1 nitrogen and oxygen atoms in total. The topological polar surface area (TPSA) is 17.1 Å². The first-order valence-corrected chi connectivity index (χ1v) is 7.69. The van der Waals surface area contributed by atoms with Gasteiger partial charge in [0.2, 0.25) is 10.1 Å². The van der Waals surface area contributed by atoms with Gasteiger partial charge in [0.25, 0.3) is 0 Å². The predicted molar refractivity (Wildman–Crippen MR) is 86.0 cm³/mol. The molecule has 0 saturated heterocycles. The summed E-state index contributed by atoms with van der Waals surface area (Å²) in [6.45, 7) is 0. The number of Topliss-reactive ketones (excluding diaryl/α,β-unsaturated/α-hetero) is 1. The molecule has 2 aromatic carbocycles. The number of alkyl halides is 2. The standard InChI is InChI=1S/C14H8Br2Cl2O/c15-11-5-1-9(2-6-11)13(19)14(17,18)10-3-7-12(16)8-4-10/h1-8H. The van der Waals surface area contributed by atoms with Crippen molar-refractivity contribution in [3.63, 3.8) is 0 Å². The van der Waals surface area contributed by atoms with Crippen molar-refractivity contribution in [2.75, 3.05) is 0 Å². The molecule has 0 atom stereocenters. The molecular weight excluding hydrogens is 415 g/mol. The van der Waals surface area contributed by atoms with E-state index in [9.17, 15) is 4.79 Å². The van der Waals surface area contributed by atoms with E-state index in [1.54, 1.807) is 48.5 Å². The highest BCUT2D eigenvalue weighted by molar-refractivity contribution is 9.10. The highest BCUT2D eigenvalue weighted by atomic mass is 79.9. The van der Waals surface area contributed by atoms with Gasteiger partial charge in [-0.3, -0.25) is 4.79 Å². The second-order valence-corrected chi connectivity index (χ2v) is 7.08. The third-order valence-electron chi connectivity index (χ3n) is 2.60. The van der Waals surface area contributed by atoms with E-state index >= 15 is 0 Å². The minimum absolute atomic E-state index is 0.342. The summed E-state index contributed by atoms with van der Waals surface area (Å²) >= 11 is 19.1. The molecule has 0 N–H and O–H groups in total. The summed E-state index contributed by atoms with van der Waals surface area (Å²) in [5.74, 6) is -0.342. The number of carbonyl (C=O) groups excluding carboxylic acids is 1. The van der Waals surface area contributed by atoms with Gasteiger partial charge in [-0.1, -0.05) is 79.3 Å². The fourth-order valence-corrected chi connectivity index (χ4v) is 2.57. The lowest BCUT2D eigenvalue weighted by Crippen LogP contribution is -2.23. The molecule has 5 heteroatoms. The lowest BCUT2D eigenvalue weighted by atomic mass is 10.0. The number of hydrogen-bond acceptors (Lipinski definition) is 1. The minimum Gasteiger partial charge on any atom is -0.290 e. The number of halogens is 4. The quantitative estimate of drug-likeness (QED) is 0.456. The third kappa shape index (κ3) is 3.40. The van der Waals surface area contributed by atoms with Crippen molar-refractivity contribution in [1.82, 2.24) is 0 Å². The zero-order chi connectivity index (χ0) is 14.0. The highest BCUT2D eigenvalue weighted by Crippen LogP contribution is 2.37. The Morgan fingerprint density at radius 1 is 0.842 bits per heavy atom. The van der Waals surface area contributed by atoms with Crippen LogP contribution < -0.4 is 0 Å². The van der Waals surface area contributed by atoms with Crippen LogP contribution in [0.2, 0.25) is 0 Å². The van der Waals surface area contributed by atoms with Crippen molar-refractivity contribution in [2.45, 2.75) is 4.33 Å². The van der Waals surface area contributed by atoms with Gasteiger partial charge in [0, 0.05) is 14.5 Å². The van der Waals surface area contributed by atoms with E-state index in [0.717, 1.165) is 8.95 Å². The fourth-order valence-electron chi connectivity index (χ4n) is 1.57. The Kier molecular flexibility index (Phi) is 4.72. The molecule has 0 amide bonds. The summed E-state index contributed by atoms with van der Waals surface area (Å²) in [5, 5.41) is 0. The average molecular weight is 423 g/mol. The smallest absolute Gasteiger partial charge is 0.205 e. The van der Waals surface area contributed by atoms with Gasteiger partial charge < -0.3 is 0 Å². The normalized spacial score (nSPS) is 11.4. The SMILES string of the molecule is O=C(c1ccc(Br)cc1)C(Cl)(Cl)c1ccc(Br)cc1. The van der Waals surface area contributed by atoms with E-state index in [1.165, 1.54) is 0 Å². The molecule has 0 aromatic heterocycles. The third-order valence-corrected chi connectivity index (χ3v) is 4.44. The van der Waals surface area contributed by atoms with E-state index < -0.39 is 4.33 Å². The molecule has 0 unspecified atom stereocenters. The van der Waals surface area contributed by atoms with Gasteiger partial charge in [-0.05, 0) is 29.8 Å². The zero-order valence-electron chi connectivity index (χ0n) is 9.54. The Morgan fingerprint density at radius 3 is 1.74 bits per heavy atom. The number of rotatable bonds is 3. The summed E-state index contributed by atoms with van der Waals surface area (Å²) in [4.78, 5) is 12.4. The zero-order valence-corrected chi connectivity index (χ0v) is 14.2. The molecule has 2 rings (SSSR count). The van der Waals surface area contributed by atoms with Crippen LogP contribution in [0, 0.1) is 0 Å². The number of carbonyl (C=O) groups is 1. The Bertz CT molecular complexity index is 592. The Balaban J connectivity index is 2.35. The predicted octanol–water partition coefficient (Wildman–Crippen LogP) is 5.72. The first kappa shape index (κ1) is 15.0. The lowest BCUT2D eigenvalue weighted by Gasteiger charge is -2.18. The van der Waals surface area contributed by atoms with Crippen molar-refractivity contribution >= 4 is 60.8 Å². The second kappa shape index (κ2) is 5.96. The van der Waals surface area contributed by atoms with Crippen LogP contribution in [0.15, 0.2) is 57.5 Å². The molecule has 19 heavy (non-hydrogen) atoms. The molecule has 0 radical (unpaired) electrons. The van der Waals surface area contributed by atoms with E-state index in [4.69, 9.17) is 23.2 Å². The second-order valence-electron chi connectivity index (χ2n) is 3.92. The molecular formula is C14H8Br2Cl2O. The highest BCUT2D eigenvalue weighted by Gasteiger charge is 2.36. The molecule has 98 valence electrons. The fraction of sp³-hybridized carbons (Fsp3) is 0.0714. The van der Waals surface area contributed by atoms with Gasteiger partial charge in [-0.2, -0.15) is 0 Å². The van der Waals surface area contributed by atoms with Crippen molar-refractivity contribution in [2.24, 2.45) is 0 Å². The monoisotopic (exact) mass is 420 g/mol. The largest absolute Gasteiger partial charge is 0.290 e. The maximum absolute atomic E-state index is 12.4. The van der Waals surface area contributed by atoms with Crippen LogP contribution in [0.3, 0.4) is 0 Å². The molecule has 2 aromatic rings. The maximum Gasteiger partial charge on any atom is 0.205 e. The van der Waals surface area contributed by atoms with E-state index in [2.05, 4.69) is 31.9 Å². The van der Waals surface area contributed by atoms with E-state index in [0.29, 0.717) is 11.1 Å². The lowest BCUT2D eigenvalue weighted by molar-refractivity contribution is 0.0972. The molecule has 0 fully saturated rings. The van der Waals surface area contributed by atoms with Crippen molar-refractivity contribution in [1.29, 1.82) is 0 Å². The van der Waals surface area contributed by atoms with Crippen molar-refractivity contribution in [3.05, 3.63) is 68.6 Å². The minimum atomic E-state index is -1.59. The first-order valence-electron chi connectivity index (χ1n) is 5.35. The van der Waals surface area contributed by atoms with E-state index in [1.807, 2.05) is 0 Å². The molecule has 0 aliphatic carbocycles. The van der Waals surface area contributed by atoms with Crippen LogP contribution in [-0.2, 0) is 4.33 Å². The van der Waals surface area contributed by atoms with Gasteiger partial charge in [-0.15, -0.1) is 0 Å². The maximum atomic E-state index is 12.4. The van der Waals surface area contributed by atoms with Crippen LogP contribution in [0.4, 0.5) is 0 Å². The van der Waals surface area contributed by atoms with Crippen LogP contribution in [0.1, 0.15) is 15.9 Å². The Labute approximate surface area is 138 Å². The number of benzene rings is 2. The van der Waals surface area contributed by atoms with Gasteiger partial charge in [0.1, 0.15) is 0 Å². The molecule has 0 bridgehead atoms. The first-order chi connectivity index (χ1) is 8.91. The van der Waals surface area contributed by atoms with Gasteiger partial charge in [0.15, 0.2) is 0 Å². The molecule has 0 heterocycles. The van der Waals surface area contributed by atoms with Crippen LogP contribution >= 0.6 is 55.1 Å². The van der Waals surface area contributed by atoms with Crippen LogP contribution in [-0.4, -0.2) is 5.78 Å². The summed E-state index contributed by atoms with van der Waals surface area (Å²) < 4.78 is 0.202. The number of ketones is 1. The molecule has 0 saturated carbocycles. The van der Waals surface area contributed by atoms with Crippen LogP contribution in [0.5, 0.6) is 0 Å². The molecule has 0 spiro atoms. The summed E-state index contributed by atoms with van der Waals surface area (Å²) in [5.41, 5.74) is 1.02. The Hall–Kier alpha value is -0.350. The summed E-state index contributed by atoms with van der Waals surface area (Å²) in [6, 6.07) is 14.0. The van der Waals surface area contributed by atoms with Crippen molar-refractivity contribution < 1.29 is 4.79 Å². The van der Waals surface area contributed by atoms with E-state index in [-0.39, 0.29) is 5.78 Å². The van der Waals surface area contributed by atoms with Gasteiger partial charge >= 0.3 is 0 Å². The van der Waals surface area contributed by atoms with Crippen molar-refractivity contribution in [3.8, 4) is 0 Å². The Morgan fingerprint density at radius 2 is 1.26 bits per heavy atom. The number of hydrogen-bond donors (Lipinski definition) is 0. The summed E-state index contributed by atoms with van der Waals surface area (Å²) in [6.07, 6.45) is 0.